The van der Waals surface area contributed by atoms with E-state index < -0.39 is 6.04 Å². The van der Waals surface area contributed by atoms with Crippen LogP contribution in [0.15, 0.2) is 24.5 Å². The lowest BCUT2D eigenvalue weighted by molar-refractivity contribution is -0.119. The highest BCUT2D eigenvalue weighted by Crippen LogP contribution is 2.11. The van der Waals surface area contributed by atoms with Crippen molar-refractivity contribution in [2.45, 2.75) is 19.4 Å². The molecule has 0 aliphatic rings. The van der Waals surface area contributed by atoms with Crippen molar-refractivity contribution >= 4 is 11.6 Å². The molecule has 76 valence electrons. The average Bonchev–Trinajstić information content (AvgIpc) is 2.27. The minimum atomic E-state index is -0.423. The SMILES string of the molecule is CCC(N)C(=O)N(C)c1ccncc1. The molecule has 0 aromatic carbocycles. The molecule has 0 saturated carbocycles. The van der Waals surface area contributed by atoms with Gasteiger partial charge in [0.25, 0.3) is 0 Å². The Balaban J connectivity index is 2.76. The predicted octanol–water partition coefficient (Wildman–Crippen LogP) is 0.782. The van der Waals surface area contributed by atoms with Crippen molar-refractivity contribution in [2.75, 3.05) is 11.9 Å². The van der Waals surface area contributed by atoms with Crippen LogP contribution in [0.25, 0.3) is 0 Å². The summed E-state index contributed by atoms with van der Waals surface area (Å²) in [7, 11) is 1.72. The molecule has 1 rings (SSSR count). The maximum atomic E-state index is 11.7. The minimum Gasteiger partial charge on any atom is -0.320 e. The number of hydrogen-bond acceptors (Lipinski definition) is 3. The maximum absolute atomic E-state index is 11.7. The van der Waals surface area contributed by atoms with Crippen LogP contribution in [0.2, 0.25) is 0 Å². The van der Waals surface area contributed by atoms with E-state index in [9.17, 15) is 4.79 Å². The van der Waals surface area contributed by atoms with Crippen molar-refractivity contribution in [1.29, 1.82) is 0 Å². The van der Waals surface area contributed by atoms with Crippen LogP contribution < -0.4 is 10.6 Å². The molecular formula is C10H15N3O. The van der Waals surface area contributed by atoms with Gasteiger partial charge in [-0.05, 0) is 18.6 Å². The lowest BCUT2D eigenvalue weighted by Crippen LogP contribution is -2.41. The molecule has 1 aromatic heterocycles. The zero-order valence-corrected chi connectivity index (χ0v) is 8.47. The van der Waals surface area contributed by atoms with Crippen LogP contribution in [0.1, 0.15) is 13.3 Å². The molecule has 1 amide bonds. The van der Waals surface area contributed by atoms with E-state index in [0.29, 0.717) is 6.42 Å². The fourth-order valence-corrected chi connectivity index (χ4v) is 1.12. The summed E-state index contributed by atoms with van der Waals surface area (Å²) in [6.07, 6.45) is 3.95. The van der Waals surface area contributed by atoms with Crippen LogP contribution in [0.3, 0.4) is 0 Å². The van der Waals surface area contributed by atoms with Crippen LogP contribution >= 0.6 is 0 Å². The van der Waals surface area contributed by atoms with E-state index in [1.807, 2.05) is 6.92 Å². The van der Waals surface area contributed by atoms with Crippen LogP contribution in [0.5, 0.6) is 0 Å². The van der Waals surface area contributed by atoms with Gasteiger partial charge in [-0.15, -0.1) is 0 Å². The summed E-state index contributed by atoms with van der Waals surface area (Å²) in [4.78, 5) is 17.1. The van der Waals surface area contributed by atoms with Gasteiger partial charge in [0.15, 0.2) is 0 Å². The van der Waals surface area contributed by atoms with Crippen LogP contribution in [-0.2, 0) is 4.79 Å². The molecule has 4 heteroatoms. The Hall–Kier alpha value is -1.42. The summed E-state index contributed by atoms with van der Waals surface area (Å²) in [5.74, 6) is -0.0706. The van der Waals surface area contributed by atoms with Crippen LogP contribution in [0, 0.1) is 0 Å². The summed E-state index contributed by atoms with van der Waals surface area (Å²) >= 11 is 0. The molecule has 2 N–H and O–H groups in total. The van der Waals surface area contributed by atoms with Gasteiger partial charge in [0.05, 0.1) is 6.04 Å². The zero-order valence-electron chi connectivity index (χ0n) is 8.47. The molecule has 1 unspecified atom stereocenters. The molecule has 1 heterocycles. The number of carbonyl (C=O) groups is 1. The fraction of sp³-hybridized carbons (Fsp3) is 0.400. The molecule has 1 aromatic rings. The predicted molar refractivity (Wildman–Crippen MR) is 55.9 cm³/mol. The van der Waals surface area contributed by atoms with Crippen molar-refractivity contribution in [2.24, 2.45) is 5.73 Å². The first kappa shape index (κ1) is 10.7. The van der Waals surface area contributed by atoms with Gasteiger partial charge in [-0.25, -0.2) is 0 Å². The third kappa shape index (κ3) is 2.29. The minimum absolute atomic E-state index is 0.0706. The van der Waals surface area contributed by atoms with E-state index in [0.717, 1.165) is 5.69 Å². The molecule has 0 aliphatic heterocycles. The summed E-state index contributed by atoms with van der Waals surface area (Å²) in [5, 5.41) is 0. The largest absolute Gasteiger partial charge is 0.320 e. The molecule has 0 fully saturated rings. The van der Waals surface area contributed by atoms with Crippen molar-refractivity contribution in [3.05, 3.63) is 24.5 Å². The smallest absolute Gasteiger partial charge is 0.243 e. The average molecular weight is 193 g/mol. The summed E-state index contributed by atoms with van der Waals surface area (Å²) < 4.78 is 0. The summed E-state index contributed by atoms with van der Waals surface area (Å²) in [6.45, 7) is 1.89. The molecular weight excluding hydrogens is 178 g/mol. The first-order valence-electron chi connectivity index (χ1n) is 4.60. The van der Waals surface area contributed by atoms with Crippen molar-refractivity contribution in [1.82, 2.24) is 4.98 Å². The van der Waals surface area contributed by atoms with E-state index in [4.69, 9.17) is 5.73 Å². The molecule has 0 spiro atoms. The number of hydrogen-bond donors (Lipinski definition) is 1. The standard InChI is InChI=1S/C10H15N3O/c1-3-9(11)10(14)13(2)8-4-6-12-7-5-8/h4-7,9H,3,11H2,1-2H3. The van der Waals surface area contributed by atoms with Crippen LogP contribution in [-0.4, -0.2) is 24.0 Å². The Bertz CT molecular complexity index is 299. The van der Waals surface area contributed by atoms with E-state index in [1.54, 1.807) is 36.5 Å². The zero-order chi connectivity index (χ0) is 10.6. The van der Waals surface area contributed by atoms with Crippen LogP contribution in [0.4, 0.5) is 5.69 Å². The summed E-state index contributed by atoms with van der Waals surface area (Å²) in [6, 6.07) is 3.13. The maximum Gasteiger partial charge on any atom is 0.243 e. The molecule has 14 heavy (non-hydrogen) atoms. The lowest BCUT2D eigenvalue weighted by Gasteiger charge is -2.20. The van der Waals surface area contributed by atoms with Gasteiger partial charge < -0.3 is 10.6 Å². The number of anilines is 1. The monoisotopic (exact) mass is 193 g/mol. The second-order valence-corrected chi connectivity index (χ2v) is 3.12. The number of carbonyl (C=O) groups excluding carboxylic acids is 1. The second-order valence-electron chi connectivity index (χ2n) is 3.12. The van der Waals surface area contributed by atoms with Gasteiger partial charge in [0, 0.05) is 25.1 Å². The highest BCUT2D eigenvalue weighted by atomic mass is 16.2. The number of likely N-dealkylation sites (N-methyl/N-ethyl adjacent to an activating group) is 1. The number of aromatic nitrogens is 1. The molecule has 0 saturated heterocycles. The van der Waals surface area contributed by atoms with Crippen molar-refractivity contribution in [3.8, 4) is 0 Å². The number of pyridine rings is 1. The van der Waals surface area contributed by atoms with Gasteiger partial charge >= 0.3 is 0 Å². The fourth-order valence-electron chi connectivity index (χ4n) is 1.12. The lowest BCUT2D eigenvalue weighted by atomic mass is 10.2. The number of nitrogens with two attached hydrogens (primary N) is 1. The topological polar surface area (TPSA) is 59.2 Å². The normalized spacial score (nSPS) is 12.2. The van der Waals surface area contributed by atoms with E-state index in [2.05, 4.69) is 4.98 Å². The quantitative estimate of drug-likeness (QED) is 0.771. The van der Waals surface area contributed by atoms with Crippen molar-refractivity contribution < 1.29 is 4.79 Å². The Morgan fingerprint density at radius 3 is 2.64 bits per heavy atom. The molecule has 0 bridgehead atoms. The number of nitrogens with zero attached hydrogens (tertiary/aromatic N) is 2. The number of rotatable bonds is 3. The molecule has 1 atom stereocenters. The Morgan fingerprint density at radius 1 is 1.57 bits per heavy atom. The summed E-state index contributed by atoms with van der Waals surface area (Å²) in [5.41, 5.74) is 6.46. The Morgan fingerprint density at radius 2 is 2.14 bits per heavy atom. The first-order valence-corrected chi connectivity index (χ1v) is 4.60. The van der Waals surface area contributed by atoms with Crippen molar-refractivity contribution in [3.63, 3.8) is 0 Å². The highest BCUT2D eigenvalue weighted by Gasteiger charge is 2.16. The second kappa shape index (κ2) is 4.72. The Kier molecular flexibility index (Phi) is 3.59. The third-order valence-electron chi connectivity index (χ3n) is 2.14. The first-order chi connectivity index (χ1) is 6.66. The van der Waals surface area contributed by atoms with Gasteiger partial charge in [0.2, 0.25) is 5.91 Å². The van der Waals surface area contributed by atoms with Gasteiger partial charge in [-0.3, -0.25) is 9.78 Å². The van der Waals surface area contributed by atoms with Gasteiger partial charge in [-0.1, -0.05) is 6.92 Å². The van der Waals surface area contributed by atoms with E-state index in [-0.39, 0.29) is 5.91 Å². The molecule has 0 radical (unpaired) electrons. The number of amides is 1. The van der Waals surface area contributed by atoms with Gasteiger partial charge in [0.1, 0.15) is 0 Å². The third-order valence-corrected chi connectivity index (χ3v) is 2.14. The Labute approximate surface area is 83.7 Å². The van der Waals surface area contributed by atoms with E-state index in [1.165, 1.54) is 0 Å². The molecule has 0 aliphatic carbocycles. The molecule has 4 nitrogen and oxygen atoms in total. The van der Waals surface area contributed by atoms with Gasteiger partial charge in [-0.2, -0.15) is 0 Å². The highest BCUT2D eigenvalue weighted by molar-refractivity contribution is 5.96. The van der Waals surface area contributed by atoms with E-state index >= 15 is 0 Å².